The summed E-state index contributed by atoms with van der Waals surface area (Å²) in [7, 11) is 0. The SMILES string of the molecule is [Cl-].[Cl-].[Ti+2].[Ti+2].c1c[nH]c(-c2cc3ccccc3[cH-]2)c1.c1c[nH]c(-c2cc3ccccc3[cH-]2)c1.c1c[nH]c(-c2cc3ccccc3[cH-]2)c1.c1c[nH]c(-c2cc3ccccc3[cH-]2)c1. The van der Waals surface area contributed by atoms with Gasteiger partial charge >= 0.3 is 43.4 Å². The first-order valence-electron chi connectivity index (χ1n) is 18.9. The van der Waals surface area contributed by atoms with E-state index >= 15 is 0 Å². The van der Waals surface area contributed by atoms with Crippen molar-refractivity contribution >= 4 is 43.1 Å². The fourth-order valence-corrected chi connectivity index (χ4v) is 7.26. The van der Waals surface area contributed by atoms with Gasteiger partial charge in [-0.15, -0.1) is 138 Å². The molecule has 292 valence electrons. The van der Waals surface area contributed by atoms with Gasteiger partial charge in [0.05, 0.1) is 0 Å². The normalized spacial score (nSPS) is 10.1. The molecule has 0 amide bonds. The molecule has 4 heterocycles. The van der Waals surface area contributed by atoms with Gasteiger partial charge in [-0.25, -0.2) is 0 Å². The number of hydrogen-bond acceptors (Lipinski definition) is 0. The van der Waals surface area contributed by atoms with Crippen molar-refractivity contribution in [2.45, 2.75) is 0 Å². The van der Waals surface area contributed by atoms with E-state index in [1.807, 2.05) is 49.1 Å². The quantitative estimate of drug-likeness (QED) is 0.102. The average molecular weight is 888 g/mol. The van der Waals surface area contributed by atoms with Crippen LogP contribution in [0.5, 0.6) is 0 Å². The standard InChI is InChI=1S/4C13H10N.2ClH.2Ti/c4*1-2-5-11-9-12(8-10(11)4-1)13-6-3-7-14-13;;;;/h4*1-9,14H;2*1H;;/q4*-1;;;2*+2/p-2. The van der Waals surface area contributed by atoms with Gasteiger partial charge in [0.2, 0.25) is 0 Å². The second-order valence-electron chi connectivity index (χ2n) is 13.8. The molecule has 0 spiro atoms. The van der Waals surface area contributed by atoms with Crippen molar-refractivity contribution in [3.05, 3.63) is 219 Å². The van der Waals surface area contributed by atoms with Crippen LogP contribution in [-0.4, -0.2) is 19.9 Å². The predicted octanol–water partition coefficient (Wildman–Crippen LogP) is 8.22. The third-order valence-corrected chi connectivity index (χ3v) is 10.1. The number of aromatic nitrogens is 4. The summed E-state index contributed by atoms with van der Waals surface area (Å²) in [5.74, 6) is 0. The van der Waals surface area contributed by atoms with Gasteiger partial charge in [0.1, 0.15) is 0 Å². The van der Waals surface area contributed by atoms with Gasteiger partial charge < -0.3 is 44.7 Å². The summed E-state index contributed by atoms with van der Waals surface area (Å²) in [5.41, 5.74) is 9.77. The van der Waals surface area contributed by atoms with E-state index in [1.165, 1.54) is 88.1 Å². The molecule has 60 heavy (non-hydrogen) atoms. The summed E-state index contributed by atoms with van der Waals surface area (Å²) < 4.78 is 0. The van der Waals surface area contributed by atoms with Crippen molar-refractivity contribution in [2.75, 3.05) is 0 Å². The molecular formula is C52H40Cl2N4Ti2-2. The molecule has 4 nitrogen and oxygen atoms in total. The largest absolute Gasteiger partial charge is 2.00 e. The van der Waals surface area contributed by atoms with E-state index in [9.17, 15) is 0 Å². The Bertz CT molecular complexity index is 2480. The minimum absolute atomic E-state index is 0. The van der Waals surface area contributed by atoms with E-state index in [-0.39, 0.29) is 68.2 Å². The summed E-state index contributed by atoms with van der Waals surface area (Å²) in [5, 5.41) is 10.4. The van der Waals surface area contributed by atoms with E-state index in [1.54, 1.807) is 0 Å². The molecule has 0 fully saturated rings. The van der Waals surface area contributed by atoms with Crippen molar-refractivity contribution in [3.8, 4) is 45.0 Å². The van der Waals surface area contributed by atoms with E-state index < -0.39 is 0 Å². The minimum atomic E-state index is 0. The second-order valence-corrected chi connectivity index (χ2v) is 13.8. The molecule has 0 bridgehead atoms. The number of rotatable bonds is 4. The van der Waals surface area contributed by atoms with Gasteiger partial charge in [-0.3, -0.25) is 0 Å². The van der Waals surface area contributed by atoms with E-state index in [0.29, 0.717) is 0 Å². The molecule has 0 saturated heterocycles. The van der Waals surface area contributed by atoms with Crippen molar-refractivity contribution in [1.82, 2.24) is 19.9 Å². The number of aromatic amines is 4. The maximum atomic E-state index is 3.21. The van der Waals surface area contributed by atoms with Crippen LogP contribution in [0.15, 0.2) is 219 Å². The Morgan fingerprint density at radius 3 is 0.667 bits per heavy atom. The number of hydrogen-bond donors (Lipinski definition) is 4. The molecular weight excluding hydrogens is 847 g/mol. The molecule has 0 radical (unpaired) electrons. The molecule has 0 aliphatic rings. The molecule has 4 N–H and O–H groups in total. The molecule has 12 rings (SSSR count). The van der Waals surface area contributed by atoms with Crippen LogP contribution in [-0.2, 0) is 43.4 Å². The topological polar surface area (TPSA) is 63.2 Å². The summed E-state index contributed by atoms with van der Waals surface area (Å²) in [6, 6.07) is 67.8. The molecule has 0 unspecified atom stereocenters. The van der Waals surface area contributed by atoms with Crippen molar-refractivity contribution < 1.29 is 68.2 Å². The average Bonchev–Trinajstić information content (AvgIpc) is 4.11. The molecule has 8 aromatic carbocycles. The van der Waals surface area contributed by atoms with Crippen LogP contribution in [0.25, 0.3) is 88.1 Å². The Labute approximate surface area is 392 Å². The van der Waals surface area contributed by atoms with Crippen LogP contribution < -0.4 is 24.8 Å². The summed E-state index contributed by atoms with van der Waals surface area (Å²) in [6.45, 7) is 0. The summed E-state index contributed by atoms with van der Waals surface area (Å²) in [4.78, 5) is 12.9. The van der Waals surface area contributed by atoms with E-state index in [0.717, 1.165) is 0 Å². The van der Waals surface area contributed by atoms with E-state index in [4.69, 9.17) is 0 Å². The Morgan fingerprint density at radius 2 is 0.483 bits per heavy atom. The molecule has 0 aliphatic heterocycles. The van der Waals surface area contributed by atoms with Crippen LogP contribution in [0.1, 0.15) is 0 Å². The Morgan fingerprint density at radius 1 is 0.267 bits per heavy atom. The fraction of sp³-hybridized carbons (Fsp3) is 0. The zero-order valence-corrected chi connectivity index (χ0v) is 37.2. The smallest absolute Gasteiger partial charge is 1.00 e. The van der Waals surface area contributed by atoms with E-state index in [2.05, 4.69) is 190 Å². The number of nitrogens with one attached hydrogen (secondary N) is 4. The fourth-order valence-electron chi connectivity index (χ4n) is 7.26. The number of benzene rings is 4. The summed E-state index contributed by atoms with van der Waals surface area (Å²) >= 11 is 0. The van der Waals surface area contributed by atoms with Gasteiger partial charge in [-0.1, -0.05) is 121 Å². The van der Waals surface area contributed by atoms with Crippen LogP contribution in [0, 0.1) is 0 Å². The van der Waals surface area contributed by atoms with Crippen LogP contribution in [0.2, 0.25) is 0 Å². The van der Waals surface area contributed by atoms with Gasteiger partial charge in [-0.2, -0.15) is 0 Å². The molecule has 0 saturated carbocycles. The van der Waals surface area contributed by atoms with Crippen molar-refractivity contribution in [3.63, 3.8) is 0 Å². The van der Waals surface area contributed by atoms with Crippen molar-refractivity contribution in [1.29, 1.82) is 0 Å². The number of H-pyrrole nitrogens is 4. The molecule has 4 aromatic heterocycles. The minimum Gasteiger partial charge on any atom is -1.00 e. The molecule has 0 aliphatic carbocycles. The Hall–Kier alpha value is -5.55. The van der Waals surface area contributed by atoms with Gasteiger partial charge in [-0.05, 0) is 47.6 Å². The zero-order valence-electron chi connectivity index (χ0n) is 32.5. The first kappa shape index (κ1) is 45.5. The van der Waals surface area contributed by atoms with Gasteiger partial charge in [0.25, 0.3) is 0 Å². The predicted molar refractivity (Wildman–Crippen MR) is 237 cm³/mol. The van der Waals surface area contributed by atoms with Crippen molar-refractivity contribution in [2.24, 2.45) is 0 Å². The summed E-state index contributed by atoms with van der Waals surface area (Å²) in [6.07, 6.45) is 7.81. The molecule has 12 aromatic rings. The monoisotopic (exact) mass is 886 g/mol. The second kappa shape index (κ2) is 21.6. The van der Waals surface area contributed by atoms with Crippen LogP contribution in [0.3, 0.4) is 0 Å². The zero-order chi connectivity index (χ0) is 37.5. The van der Waals surface area contributed by atoms with Crippen LogP contribution >= 0.6 is 0 Å². The third kappa shape index (κ3) is 10.6. The maximum absolute atomic E-state index is 3.21. The Kier molecular flexibility index (Phi) is 16.4. The number of fused-ring (bicyclic) bond motifs is 4. The first-order valence-corrected chi connectivity index (χ1v) is 18.9. The maximum Gasteiger partial charge on any atom is 2.00 e. The molecule has 0 atom stereocenters. The third-order valence-electron chi connectivity index (χ3n) is 10.1. The first-order chi connectivity index (χ1) is 27.7. The van der Waals surface area contributed by atoms with Crippen LogP contribution in [0.4, 0.5) is 0 Å². The van der Waals surface area contributed by atoms with Gasteiger partial charge in [0, 0.05) is 0 Å². The number of halogens is 2. The molecule has 8 heteroatoms. The Balaban J connectivity index is 0.000000148. The van der Waals surface area contributed by atoms with Gasteiger partial charge in [0.15, 0.2) is 0 Å².